The van der Waals surface area contributed by atoms with Crippen molar-refractivity contribution in [1.82, 2.24) is 0 Å². The van der Waals surface area contributed by atoms with E-state index in [9.17, 15) is 9.90 Å². The molecule has 0 spiro atoms. The molecule has 0 aliphatic heterocycles. The molecule has 104 valence electrons. The molecule has 2 rings (SSSR count). The number of phenolic OH excluding ortho intramolecular Hbond substituents is 1. The lowest BCUT2D eigenvalue weighted by Gasteiger charge is -2.08. The first-order valence-corrected chi connectivity index (χ1v) is 6.61. The molecule has 0 radical (unpaired) electrons. The second kappa shape index (κ2) is 5.78. The summed E-state index contributed by atoms with van der Waals surface area (Å²) in [6.45, 7) is 5.90. The maximum atomic E-state index is 12.0. The molecule has 0 unspecified atom stereocenters. The zero-order chi connectivity index (χ0) is 14.7. The maximum absolute atomic E-state index is 12.0. The fourth-order valence-electron chi connectivity index (χ4n) is 2.04. The predicted octanol–water partition coefficient (Wildman–Crippen LogP) is 3.50. The van der Waals surface area contributed by atoms with E-state index >= 15 is 0 Å². The van der Waals surface area contributed by atoms with Crippen molar-refractivity contribution in [1.29, 1.82) is 0 Å². The Hall–Kier alpha value is -2.29. The van der Waals surface area contributed by atoms with Crippen LogP contribution in [0, 0.1) is 20.8 Å². The van der Waals surface area contributed by atoms with Gasteiger partial charge in [-0.15, -0.1) is 0 Å². The molecule has 2 aromatic rings. The Morgan fingerprint density at radius 2 is 1.75 bits per heavy atom. The molecule has 2 N–H and O–H groups in total. The summed E-state index contributed by atoms with van der Waals surface area (Å²) in [4.78, 5) is 12.0. The van der Waals surface area contributed by atoms with Crippen LogP contribution >= 0.6 is 0 Å². The van der Waals surface area contributed by atoms with E-state index in [2.05, 4.69) is 12.2 Å². The number of aryl methyl sites for hydroxylation is 3. The van der Waals surface area contributed by atoms with Crippen molar-refractivity contribution in [3.05, 3.63) is 58.7 Å². The molecule has 0 atom stereocenters. The molecule has 0 aliphatic carbocycles. The Balaban J connectivity index is 2.04. The van der Waals surface area contributed by atoms with Gasteiger partial charge in [0.1, 0.15) is 5.75 Å². The van der Waals surface area contributed by atoms with Crippen molar-refractivity contribution in [3.63, 3.8) is 0 Å². The number of carbonyl (C=O) groups excluding carboxylic acids is 1. The summed E-state index contributed by atoms with van der Waals surface area (Å²) in [6.07, 6.45) is 0.348. The molecule has 0 heterocycles. The number of carbonyl (C=O) groups is 1. The van der Waals surface area contributed by atoms with Crippen molar-refractivity contribution >= 4 is 11.6 Å². The van der Waals surface area contributed by atoms with Gasteiger partial charge in [0, 0.05) is 5.69 Å². The van der Waals surface area contributed by atoms with E-state index in [4.69, 9.17) is 0 Å². The third kappa shape index (κ3) is 3.38. The van der Waals surface area contributed by atoms with Gasteiger partial charge >= 0.3 is 0 Å². The Bertz CT molecular complexity index is 592. The second-order valence-electron chi connectivity index (χ2n) is 5.14. The Morgan fingerprint density at radius 1 is 1.00 bits per heavy atom. The zero-order valence-corrected chi connectivity index (χ0v) is 12.0. The first-order chi connectivity index (χ1) is 9.45. The summed E-state index contributed by atoms with van der Waals surface area (Å²) < 4.78 is 0. The van der Waals surface area contributed by atoms with Crippen LogP contribution < -0.4 is 5.32 Å². The summed E-state index contributed by atoms with van der Waals surface area (Å²) in [5, 5.41) is 12.3. The predicted molar refractivity (Wildman–Crippen MR) is 81.1 cm³/mol. The van der Waals surface area contributed by atoms with Gasteiger partial charge in [0.2, 0.25) is 5.91 Å². The second-order valence-corrected chi connectivity index (χ2v) is 5.14. The summed E-state index contributed by atoms with van der Waals surface area (Å²) >= 11 is 0. The number of aromatic hydroxyl groups is 1. The first-order valence-electron chi connectivity index (χ1n) is 6.61. The molecule has 0 saturated heterocycles. The number of amides is 1. The van der Waals surface area contributed by atoms with E-state index < -0.39 is 0 Å². The Kier molecular flexibility index (Phi) is 4.08. The lowest BCUT2D eigenvalue weighted by molar-refractivity contribution is -0.115. The average Bonchev–Trinajstić information content (AvgIpc) is 2.38. The van der Waals surface area contributed by atoms with Crippen LogP contribution in [-0.2, 0) is 11.2 Å². The number of hydrogen-bond donors (Lipinski definition) is 2. The number of benzene rings is 2. The van der Waals surface area contributed by atoms with Gasteiger partial charge in [0.25, 0.3) is 0 Å². The van der Waals surface area contributed by atoms with E-state index in [0.29, 0.717) is 12.1 Å². The monoisotopic (exact) mass is 269 g/mol. The van der Waals surface area contributed by atoms with Crippen LogP contribution in [0.2, 0.25) is 0 Å². The number of phenols is 1. The number of nitrogens with one attached hydrogen (secondary N) is 1. The van der Waals surface area contributed by atoms with Crippen LogP contribution in [0.3, 0.4) is 0 Å². The fraction of sp³-hybridized carbons (Fsp3) is 0.235. The fourth-order valence-corrected chi connectivity index (χ4v) is 2.04. The summed E-state index contributed by atoms with van der Waals surface area (Å²) in [6, 6.07) is 11.1. The zero-order valence-electron chi connectivity index (χ0n) is 12.0. The van der Waals surface area contributed by atoms with Gasteiger partial charge in [0.05, 0.1) is 6.42 Å². The highest BCUT2D eigenvalue weighted by molar-refractivity contribution is 5.92. The van der Waals surface area contributed by atoms with Gasteiger partial charge < -0.3 is 10.4 Å². The quantitative estimate of drug-likeness (QED) is 0.838. The first kappa shape index (κ1) is 14.1. The topological polar surface area (TPSA) is 49.3 Å². The summed E-state index contributed by atoms with van der Waals surface area (Å²) in [5.74, 6) is 0.176. The molecule has 1 amide bonds. The molecular formula is C17H19NO2. The molecule has 0 fully saturated rings. The number of rotatable bonds is 3. The highest BCUT2D eigenvalue weighted by atomic mass is 16.3. The minimum Gasteiger partial charge on any atom is -0.508 e. The van der Waals surface area contributed by atoms with Crippen molar-refractivity contribution < 1.29 is 9.90 Å². The standard InChI is InChI=1S/C17H19NO2/c1-11-4-5-14(8-12(11)2)10-17(20)18-15-6-7-16(19)13(3)9-15/h4-9,19H,10H2,1-3H3,(H,18,20). The van der Waals surface area contributed by atoms with E-state index in [1.54, 1.807) is 25.1 Å². The summed E-state index contributed by atoms with van der Waals surface area (Å²) in [7, 11) is 0. The van der Waals surface area contributed by atoms with Crippen LogP contribution in [0.5, 0.6) is 5.75 Å². The lowest BCUT2D eigenvalue weighted by Crippen LogP contribution is -2.14. The van der Waals surface area contributed by atoms with Crippen LogP contribution in [-0.4, -0.2) is 11.0 Å². The minimum atomic E-state index is -0.0571. The van der Waals surface area contributed by atoms with Crippen LogP contribution in [0.15, 0.2) is 36.4 Å². The normalized spacial score (nSPS) is 10.3. The molecule has 20 heavy (non-hydrogen) atoms. The van der Waals surface area contributed by atoms with Crippen LogP contribution in [0.4, 0.5) is 5.69 Å². The molecule has 3 heteroatoms. The molecular weight excluding hydrogens is 250 g/mol. The molecule has 3 nitrogen and oxygen atoms in total. The van der Waals surface area contributed by atoms with Crippen molar-refractivity contribution in [2.75, 3.05) is 5.32 Å². The van der Waals surface area contributed by atoms with E-state index in [1.165, 1.54) is 11.1 Å². The van der Waals surface area contributed by atoms with Crippen LogP contribution in [0.25, 0.3) is 0 Å². The van der Waals surface area contributed by atoms with E-state index in [1.807, 2.05) is 25.1 Å². The molecule has 0 aliphatic rings. The minimum absolute atomic E-state index is 0.0571. The smallest absolute Gasteiger partial charge is 0.228 e. The lowest BCUT2D eigenvalue weighted by atomic mass is 10.0. The van der Waals surface area contributed by atoms with Gasteiger partial charge in [-0.25, -0.2) is 0 Å². The Morgan fingerprint density at radius 3 is 2.40 bits per heavy atom. The highest BCUT2D eigenvalue weighted by Crippen LogP contribution is 2.20. The molecule has 2 aromatic carbocycles. The maximum Gasteiger partial charge on any atom is 0.228 e. The molecule has 0 saturated carbocycles. The SMILES string of the molecule is Cc1ccc(CC(=O)Nc2ccc(O)c(C)c2)cc1C. The van der Waals surface area contributed by atoms with E-state index in [-0.39, 0.29) is 11.7 Å². The molecule has 0 aromatic heterocycles. The van der Waals surface area contributed by atoms with Gasteiger partial charge in [-0.1, -0.05) is 18.2 Å². The van der Waals surface area contributed by atoms with E-state index in [0.717, 1.165) is 11.1 Å². The van der Waals surface area contributed by atoms with Crippen molar-refractivity contribution in [3.8, 4) is 5.75 Å². The largest absolute Gasteiger partial charge is 0.508 e. The molecule has 0 bridgehead atoms. The highest BCUT2D eigenvalue weighted by Gasteiger charge is 2.06. The third-order valence-corrected chi connectivity index (χ3v) is 3.42. The van der Waals surface area contributed by atoms with Gasteiger partial charge in [-0.05, 0) is 61.2 Å². The Labute approximate surface area is 119 Å². The van der Waals surface area contributed by atoms with Crippen LogP contribution in [0.1, 0.15) is 22.3 Å². The summed E-state index contributed by atoms with van der Waals surface area (Å²) in [5.41, 5.74) is 4.86. The van der Waals surface area contributed by atoms with Gasteiger partial charge in [-0.2, -0.15) is 0 Å². The number of hydrogen-bond acceptors (Lipinski definition) is 2. The average molecular weight is 269 g/mol. The van der Waals surface area contributed by atoms with Crippen molar-refractivity contribution in [2.45, 2.75) is 27.2 Å². The van der Waals surface area contributed by atoms with Crippen molar-refractivity contribution in [2.24, 2.45) is 0 Å². The third-order valence-electron chi connectivity index (χ3n) is 3.42. The number of anilines is 1. The van der Waals surface area contributed by atoms with Gasteiger partial charge in [-0.3, -0.25) is 4.79 Å². The van der Waals surface area contributed by atoms with Gasteiger partial charge in [0.15, 0.2) is 0 Å².